The van der Waals surface area contributed by atoms with Crippen LogP contribution in [-0.4, -0.2) is 60.6 Å². The highest BCUT2D eigenvalue weighted by atomic mass is 35.5. The highest BCUT2D eigenvalue weighted by molar-refractivity contribution is 8.02. The van der Waals surface area contributed by atoms with Gasteiger partial charge in [-0.2, -0.15) is 13.1 Å². The zero-order chi connectivity index (χ0) is 33.0. The molecule has 0 spiro atoms. The number of carbonyl (C=O) groups is 2. The Morgan fingerprint density at radius 3 is 2.52 bits per heavy atom. The molecule has 2 aliphatic rings. The van der Waals surface area contributed by atoms with Gasteiger partial charge in [0.25, 0.3) is 0 Å². The maximum Gasteiger partial charge on any atom is 0.387 e. The van der Waals surface area contributed by atoms with Crippen molar-refractivity contribution in [2.24, 2.45) is 11.7 Å². The van der Waals surface area contributed by atoms with Crippen molar-refractivity contribution in [3.8, 4) is 11.5 Å². The van der Waals surface area contributed by atoms with E-state index in [1.807, 2.05) is 0 Å². The van der Waals surface area contributed by atoms with Crippen molar-refractivity contribution in [1.29, 1.82) is 0 Å². The molecule has 46 heavy (non-hydrogen) atoms. The van der Waals surface area contributed by atoms with Crippen LogP contribution in [0.3, 0.4) is 0 Å². The maximum absolute atomic E-state index is 13.8. The summed E-state index contributed by atoms with van der Waals surface area (Å²) in [5.41, 5.74) is 6.06. The minimum atomic E-state index is -4.24. The Bertz CT molecular complexity index is 1700. The average molecular weight is 718 g/mol. The number of halogens is 4. The summed E-state index contributed by atoms with van der Waals surface area (Å²) >= 11 is 13.8. The van der Waals surface area contributed by atoms with E-state index < -0.39 is 40.1 Å². The molecular weight excluding hydrogens is 689 g/mol. The van der Waals surface area contributed by atoms with Gasteiger partial charge < -0.3 is 25.3 Å². The van der Waals surface area contributed by atoms with E-state index in [2.05, 4.69) is 15.0 Å². The first kappa shape index (κ1) is 34.0. The molecule has 2 heterocycles. The molecule has 2 fully saturated rings. The van der Waals surface area contributed by atoms with Crippen LogP contribution in [0.25, 0.3) is 0 Å². The summed E-state index contributed by atoms with van der Waals surface area (Å²) in [4.78, 5) is 28.8. The van der Waals surface area contributed by atoms with Gasteiger partial charge in [0.2, 0.25) is 10.0 Å². The summed E-state index contributed by atoms with van der Waals surface area (Å²) < 4.78 is 71.1. The zero-order valence-electron chi connectivity index (χ0n) is 23.9. The third-order valence-corrected chi connectivity index (χ3v) is 10.9. The second kappa shape index (κ2) is 14.6. The summed E-state index contributed by atoms with van der Waals surface area (Å²) in [6, 6.07) is 8.75. The van der Waals surface area contributed by atoms with E-state index in [0.29, 0.717) is 22.8 Å². The molecule has 0 radical (unpaired) electrons. The molecule has 3 aromatic rings. The van der Waals surface area contributed by atoms with Crippen molar-refractivity contribution in [2.45, 2.75) is 42.2 Å². The summed E-state index contributed by atoms with van der Waals surface area (Å²) in [5, 5.41) is 1.45. The number of ether oxygens (including phenoxy) is 3. The normalized spacial score (nSPS) is 17.5. The number of primary amides is 1. The van der Waals surface area contributed by atoms with Crippen LogP contribution in [0, 0.1) is 5.92 Å². The van der Waals surface area contributed by atoms with Crippen molar-refractivity contribution in [3.63, 3.8) is 0 Å². The van der Waals surface area contributed by atoms with Gasteiger partial charge in [0, 0.05) is 36.8 Å². The van der Waals surface area contributed by atoms with Gasteiger partial charge in [0.1, 0.15) is 6.10 Å². The molecule has 17 heteroatoms. The lowest BCUT2D eigenvalue weighted by atomic mass is 10.0. The number of benzene rings is 2. The first-order valence-electron chi connectivity index (χ1n) is 13.9. The van der Waals surface area contributed by atoms with Crippen molar-refractivity contribution in [1.82, 2.24) is 9.29 Å². The first-order valence-corrected chi connectivity index (χ1v) is 17.2. The molecule has 1 unspecified atom stereocenters. The molecule has 2 aromatic carbocycles. The van der Waals surface area contributed by atoms with Crippen molar-refractivity contribution < 1.29 is 41.0 Å². The second-order valence-electron chi connectivity index (χ2n) is 10.4. The number of anilines is 1. The zero-order valence-corrected chi connectivity index (χ0v) is 27.1. The van der Waals surface area contributed by atoms with Crippen LogP contribution in [-0.2, 0) is 26.0 Å². The lowest BCUT2D eigenvalue weighted by molar-refractivity contribution is -0.150. The molecule has 1 aromatic heterocycles. The predicted molar refractivity (Wildman–Crippen MR) is 168 cm³/mol. The van der Waals surface area contributed by atoms with Crippen molar-refractivity contribution in [2.75, 3.05) is 24.2 Å². The number of carbonyl (C=O) groups excluding carboxylic acids is 2. The number of sulfonamides is 1. The van der Waals surface area contributed by atoms with Crippen LogP contribution in [0.1, 0.15) is 30.1 Å². The Kier molecular flexibility index (Phi) is 10.8. The number of alkyl halides is 2. The van der Waals surface area contributed by atoms with Gasteiger partial charge in [0.15, 0.2) is 16.9 Å². The molecule has 2 atom stereocenters. The van der Waals surface area contributed by atoms with Gasteiger partial charge >= 0.3 is 18.6 Å². The number of esters is 1. The molecule has 1 saturated heterocycles. The summed E-state index contributed by atoms with van der Waals surface area (Å²) in [6.45, 7) is -2.81. The summed E-state index contributed by atoms with van der Waals surface area (Å²) in [5.74, 6) is -0.450. The quantitative estimate of drug-likeness (QED) is 0.207. The Hall–Kier alpha value is -3.37. The van der Waals surface area contributed by atoms with E-state index in [1.54, 1.807) is 0 Å². The molecule has 2 amide bonds. The molecule has 1 aliphatic carbocycles. The first-order chi connectivity index (χ1) is 21.9. The third kappa shape index (κ3) is 8.31. The highest BCUT2D eigenvalue weighted by Crippen LogP contribution is 2.39. The van der Waals surface area contributed by atoms with Gasteiger partial charge in [-0.05, 0) is 60.2 Å². The Morgan fingerprint density at radius 1 is 1.11 bits per heavy atom. The summed E-state index contributed by atoms with van der Waals surface area (Å²) in [6.07, 6.45) is 3.47. The number of urea groups is 1. The SMILES string of the molecule is NC(=O)Nc1cccc(S(=O)(=O)N2CCS[C@H]2C(=O)OC(Cc2c(Cl)cncc2Cl)c2ccc(OC(F)F)c(OCC3CC3)c2)c1. The van der Waals surface area contributed by atoms with Gasteiger partial charge in [-0.3, -0.25) is 4.98 Å². The molecule has 246 valence electrons. The van der Waals surface area contributed by atoms with E-state index in [0.717, 1.165) is 28.9 Å². The van der Waals surface area contributed by atoms with E-state index in [4.69, 9.17) is 38.4 Å². The Labute approximate surface area is 277 Å². The van der Waals surface area contributed by atoms with Crippen LogP contribution < -0.4 is 20.5 Å². The number of nitrogens with two attached hydrogens (primary N) is 1. The minimum absolute atomic E-state index is 0.00569. The largest absolute Gasteiger partial charge is 0.489 e. The van der Waals surface area contributed by atoms with Crippen molar-refractivity contribution >= 4 is 62.7 Å². The number of hydrogen-bond acceptors (Lipinski definition) is 9. The van der Waals surface area contributed by atoms with Gasteiger partial charge in [-0.25, -0.2) is 18.0 Å². The molecule has 3 N–H and O–H groups in total. The number of thioether (sulfide) groups is 1. The summed E-state index contributed by atoms with van der Waals surface area (Å²) in [7, 11) is -4.24. The van der Waals surface area contributed by atoms with Crippen LogP contribution in [0.15, 0.2) is 59.8 Å². The van der Waals surface area contributed by atoms with E-state index in [-0.39, 0.29) is 51.7 Å². The van der Waals surface area contributed by atoms with E-state index in [9.17, 15) is 26.8 Å². The van der Waals surface area contributed by atoms with Gasteiger partial charge in [0.05, 0.1) is 21.5 Å². The monoisotopic (exact) mass is 716 g/mol. The number of rotatable bonds is 13. The predicted octanol–water partition coefficient (Wildman–Crippen LogP) is 5.86. The third-order valence-electron chi connectivity index (χ3n) is 7.09. The fourth-order valence-corrected chi connectivity index (χ4v) is 8.28. The Morgan fingerprint density at radius 2 is 1.85 bits per heavy atom. The van der Waals surface area contributed by atoms with E-state index in [1.165, 1.54) is 54.9 Å². The second-order valence-corrected chi connectivity index (χ2v) is 14.3. The molecular formula is C29H28Cl2F2N4O7S2. The maximum atomic E-state index is 13.8. The highest BCUT2D eigenvalue weighted by Gasteiger charge is 2.42. The topological polar surface area (TPSA) is 150 Å². The number of nitrogens with zero attached hydrogens (tertiary/aromatic N) is 2. The minimum Gasteiger partial charge on any atom is -0.489 e. The molecule has 5 rings (SSSR count). The van der Waals surface area contributed by atoms with Crippen LogP contribution in [0.5, 0.6) is 11.5 Å². The lowest BCUT2D eigenvalue weighted by Crippen LogP contribution is -2.40. The van der Waals surface area contributed by atoms with Crippen LogP contribution >= 0.6 is 35.0 Å². The molecule has 1 saturated carbocycles. The fraction of sp³-hybridized carbons (Fsp3) is 0.345. The standard InChI is InChI=1S/C29H28Cl2F2N4O7S2/c30-21-13-35-14-22(31)20(21)12-24(17-6-7-23(44-28(32)33)25(10-17)42-15-16-4-5-16)43-27(38)26-37(8-9-45-26)46(40,41)19-3-1-2-18(11-19)36-29(34)39/h1-3,6-7,10-11,13-14,16,24,26,28H,4-5,8-9,12,15H2,(H3,34,36,39)/t24?,26-/m0/s1. The number of pyridine rings is 1. The van der Waals surface area contributed by atoms with Crippen LogP contribution in [0.4, 0.5) is 19.3 Å². The number of hydrogen-bond donors (Lipinski definition) is 2. The van der Waals surface area contributed by atoms with Crippen LogP contribution in [0.2, 0.25) is 10.0 Å². The molecule has 1 aliphatic heterocycles. The fourth-order valence-electron chi connectivity index (χ4n) is 4.67. The number of amides is 2. The molecule has 0 bridgehead atoms. The van der Waals surface area contributed by atoms with Crippen molar-refractivity contribution in [3.05, 3.63) is 76.0 Å². The van der Waals surface area contributed by atoms with Gasteiger partial charge in [-0.1, -0.05) is 35.3 Å². The van der Waals surface area contributed by atoms with E-state index >= 15 is 0 Å². The average Bonchev–Trinajstić information content (AvgIpc) is 3.69. The van der Waals surface area contributed by atoms with Gasteiger partial charge in [-0.15, -0.1) is 11.8 Å². The molecule has 11 nitrogen and oxygen atoms in total. The smallest absolute Gasteiger partial charge is 0.387 e. The Balaban J connectivity index is 1.45. The number of aromatic nitrogens is 1. The lowest BCUT2D eigenvalue weighted by Gasteiger charge is -2.26. The number of nitrogens with one attached hydrogen (secondary N) is 1.